The zero-order valence-corrected chi connectivity index (χ0v) is 11.1. The van der Waals surface area contributed by atoms with Gasteiger partial charge in [-0.25, -0.2) is 4.39 Å². The molecule has 0 aliphatic heterocycles. The van der Waals surface area contributed by atoms with Gasteiger partial charge in [0, 0.05) is 18.7 Å². The minimum Gasteiger partial charge on any atom is -0.508 e. The van der Waals surface area contributed by atoms with Crippen LogP contribution in [0.25, 0.3) is 0 Å². The molecule has 0 radical (unpaired) electrons. The normalized spacial score (nSPS) is 23.5. The maximum atomic E-state index is 13.1. The second-order valence-corrected chi connectivity index (χ2v) is 5.39. The first-order valence-electron chi connectivity index (χ1n) is 6.99. The summed E-state index contributed by atoms with van der Waals surface area (Å²) in [7, 11) is 0. The zero-order chi connectivity index (χ0) is 13.7. The van der Waals surface area contributed by atoms with Crippen LogP contribution in [0.5, 0.6) is 5.75 Å². The molecule has 19 heavy (non-hydrogen) atoms. The molecule has 0 saturated heterocycles. The Hall–Kier alpha value is -1.13. The van der Waals surface area contributed by atoms with Crippen LogP contribution in [0.2, 0.25) is 0 Å². The van der Waals surface area contributed by atoms with E-state index in [0.29, 0.717) is 23.9 Å². The van der Waals surface area contributed by atoms with E-state index in [1.807, 2.05) is 0 Å². The average Bonchev–Trinajstić information content (AvgIpc) is 2.43. The molecule has 1 fully saturated rings. The number of aliphatic hydroxyl groups is 1. The molecule has 4 heteroatoms. The average molecular weight is 267 g/mol. The number of phenolic OH excluding ortho intramolecular Hbond substituents is 1. The highest BCUT2D eigenvalue weighted by atomic mass is 19.1. The molecule has 0 bridgehead atoms. The number of benzene rings is 1. The van der Waals surface area contributed by atoms with Crippen LogP contribution in [0.4, 0.5) is 4.39 Å². The molecule has 0 aromatic heterocycles. The van der Waals surface area contributed by atoms with Gasteiger partial charge in [-0.2, -0.15) is 0 Å². The van der Waals surface area contributed by atoms with Crippen LogP contribution in [-0.4, -0.2) is 23.4 Å². The van der Waals surface area contributed by atoms with E-state index in [9.17, 15) is 14.6 Å². The summed E-state index contributed by atoms with van der Waals surface area (Å²) in [6, 6.07) is 3.98. The molecule has 3 nitrogen and oxygen atoms in total. The van der Waals surface area contributed by atoms with Crippen molar-refractivity contribution in [1.29, 1.82) is 0 Å². The Balaban J connectivity index is 1.83. The minimum absolute atomic E-state index is 0.122. The highest BCUT2D eigenvalue weighted by Gasteiger charge is 2.23. The number of halogens is 1. The summed E-state index contributed by atoms with van der Waals surface area (Å²) in [5.74, 6) is 0.647. The molecule has 2 atom stereocenters. The topological polar surface area (TPSA) is 52.5 Å². The summed E-state index contributed by atoms with van der Waals surface area (Å²) in [5.41, 5.74) is 0.580. The van der Waals surface area contributed by atoms with Gasteiger partial charge in [-0.05, 0) is 49.4 Å². The second-order valence-electron chi connectivity index (χ2n) is 5.39. The fourth-order valence-electron chi connectivity index (χ4n) is 2.88. The number of aliphatic hydroxyl groups excluding tert-OH is 1. The highest BCUT2D eigenvalue weighted by Crippen LogP contribution is 2.29. The van der Waals surface area contributed by atoms with Crippen LogP contribution in [0.3, 0.4) is 0 Å². The van der Waals surface area contributed by atoms with Gasteiger partial charge in [-0.15, -0.1) is 0 Å². The van der Waals surface area contributed by atoms with E-state index in [1.54, 1.807) is 0 Å². The number of phenols is 1. The summed E-state index contributed by atoms with van der Waals surface area (Å²) in [5, 5.41) is 22.2. The van der Waals surface area contributed by atoms with Crippen molar-refractivity contribution in [2.24, 2.45) is 11.8 Å². The van der Waals surface area contributed by atoms with Gasteiger partial charge in [0.1, 0.15) is 11.6 Å². The lowest BCUT2D eigenvalue weighted by Crippen LogP contribution is -2.32. The van der Waals surface area contributed by atoms with Crippen LogP contribution in [0, 0.1) is 17.7 Å². The first kappa shape index (κ1) is 14.3. The summed E-state index contributed by atoms with van der Waals surface area (Å²) in [6.45, 7) is 1.51. The summed E-state index contributed by atoms with van der Waals surface area (Å²) in [4.78, 5) is 0. The molecule has 1 aliphatic rings. The molecule has 1 saturated carbocycles. The van der Waals surface area contributed by atoms with E-state index in [1.165, 1.54) is 31.0 Å². The lowest BCUT2D eigenvalue weighted by Gasteiger charge is -2.30. The van der Waals surface area contributed by atoms with Crippen molar-refractivity contribution in [2.75, 3.05) is 13.2 Å². The molecule has 2 rings (SSSR count). The van der Waals surface area contributed by atoms with Gasteiger partial charge >= 0.3 is 0 Å². The van der Waals surface area contributed by atoms with Crippen molar-refractivity contribution in [3.05, 3.63) is 29.6 Å². The number of hydrogen-bond donors (Lipinski definition) is 3. The van der Waals surface area contributed by atoms with E-state index in [2.05, 4.69) is 5.32 Å². The fourth-order valence-corrected chi connectivity index (χ4v) is 2.88. The maximum absolute atomic E-state index is 13.1. The predicted octanol–water partition coefficient (Wildman–Crippen LogP) is 2.42. The van der Waals surface area contributed by atoms with Crippen LogP contribution < -0.4 is 5.32 Å². The number of hydrogen-bond acceptors (Lipinski definition) is 3. The largest absolute Gasteiger partial charge is 0.508 e. The van der Waals surface area contributed by atoms with Crippen molar-refractivity contribution in [3.8, 4) is 5.75 Å². The van der Waals surface area contributed by atoms with E-state index in [4.69, 9.17) is 0 Å². The van der Waals surface area contributed by atoms with Crippen LogP contribution in [0.15, 0.2) is 18.2 Å². The molecule has 1 aliphatic carbocycles. The predicted molar refractivity (Wildman–Crippen MR) is 72.3 cm³/mol. The molecule has 2 unspecified atom stereocenters. The van der Waals surface area contributed by atoms with Crippen LogP contribution in [-0.2, 0) is 6.54 Å². The van der Waals surface area contributed by atoms with E-state index < -0.39 is 0 Å². The van der Waals surface area contributed by atoms with Gasteiger partial charge in [-0.3, -0.25) is 0 Å². The molecule has 3 N–H and O–H groups in total. The molecule has 1 aromatic rings. The highest BCUT2D eigenvalue weighted by molar-refractivity contribution is 5.32. The van der Waals surface area contributed by atoms with Gasteiger partial charge in [0.25, 0.3) is 0 Å². The SMILES string of the molecule is OCC1CCCCC1CNCc1cc(F)ccc1O. The van der Waals surface area contributed by atoms with E-state index in [0.717, 1.165) is 19.4 Å². The van der Waals surface area contributed by atoms with Gasteiger partial charge < -0.3 is 15.5 Å². The smallest absolute Gasteiger partial charge is 0.123 e. The second kappa shape index (κ2) is 6.87. The zero-order valence-electron chi connectivity index (χ0n) is 11.1. The number of aromatic hydroxyl groups is 1. The molecule has 106 valence electrons. The third-order valence-electron chi connectivity index (χ3n) is 4.06. The summed E-state index contributed by atoms with van der Waals surface area (Å²) < 4.78 is 13.1. The Labute approximate surface area is 113 Å². The summed E-state index contributed by atoms with van der Waals surface area (Å²) >= 11 is 0. The third-order valence-corrected chi connectivity index (χ3v) is 4.06. The Morgan fingerprint density at radius 3 is 2.68 bits per heavy atom. The van der Waals surface area contributed by atoms with E-state index >= 15 is 0 Å². The van der Waals surface area contributed by atoms with Gasteiger partial charge in [0.05, 0.1) is 0 Å². The van der Waals surface area contributed by atoms with Crippen molar-refractivity contribution < 1.29 is 14.6 Å². The Kier molecular flexibility index (Phi) is 5.16. The Morgan fingerprint density at radius 1 is 1.21 bits per heavy atom. The van der Waals surface area contributed by atoms with Crippen LogP contribution >= 0.6 is 0 Å². The van der Waals surface area contributed by atoms with Gasteiger partial charge in [0.15, 0.2) is 0 Å². The third kappa shape index (κ3) is 3.91. The van der Waals surface area contributed by atoms with Crippen LogP contribution in [0.1, 0.15) is 31.2 Å². The minimum atomic E-state index is -0.333. The first-order chi connectivity index (χ1) is 9.20. The molecule has 0 amide bonds. The molecule has 0 spiro atoms. The molecular weight excluding hydrogens is 245 g/mol. The van der Waals surface area contributed by atoms with Crippen molar-refractivity contribution >= 4 is 0 Å². The Bertz CT molecular complexity index is 411. The van der Waals surface area contributed by atoms with Crippen molar-refractivity contribution in [2.45, 2.75) is 32.2 Å². The molecular formula is C15H22FNO2. The van der Waals surface area contributed by atoms with Gasteiger partial charge in [0.2, 0.25) is 0 Å². The number of rotatable bonds is 5. The first-order valence-corrected chi connectivity index (χ1v) is 6.99. The monoisotopic (exact) mass is 267 g/mol. The lowest BCUT2D eigenvalue weighted by atomic mass is 9.79. The van der Waals surface area contributed by atoms with Gasteiger partial charge in [-0.1, -0.05) is 12.8 Å². The fraction of sp³-hybridized carbons (Fsp3) is 0.600. The summed E-state index contributed by atoms with van der Waals surface area (Å²) in [6.07, 6.45) is 4.64. The maximum Gasteiger partial charge on any atom is 0.123 e. The van der Waals surface area contributed by atoms with Crippen molar-refractivity contribution in [3.63, 3.8) is 0 Å². The molecule has 0 heterocycles. The molecule has 1 aromatic carbocycles. The Morgan fingerprint density at radius 2 is 1.95 bits per heavy atom. The number of nitrogens with one attached hydrogen (secondary N) is 1. The quantitative estimate of drug-likeness (QED) is 0.768. The van der Waals surface area contributed by atoms with Crippen molar-refractivity contribution in [1.82, 2.24) is 5.32 Å². The van der Waals surface area contributed by atoms with E-state index in [-0.39, 0.29) is 18.2 Å². The standard InChI is InChI=1S/C15H22FNO2/c16-14-5-6-15(19)13(7-14)9-17-8-11-3-1-2-4-12(11)10-18/h5-7,11-12,17-19H,1-4,8-10H2. The lowest BCUT2D eigenvalue weighted by molar-refractivity contribution is 0.133.